The number of hydrogen-bond donors (Lipinski definition) is 3. The van der Waals surface area contributed by atoms with Gasteiger partial charge in [-0.2, -0.15) is 0 Å². The van der Waals surface area contributed by atoms with Crippen molar-refractivity contribution in [2.24, 2.45) is 0 Å². The molecule has 3 N–H and O–H groups in total. The van der Waals surface area contributed by atoms with E-state index in [0.717, 1.165) is 18.7 Å². The highest BCUT2D eigenvalue weighted by atomic mass is 16.5. The van der Waals surface area contributed by atoms with Crippen LogP contribution in [0.15, 0.2) is 42.5 Å². The first-order valence-electron chi connectivity index (χ1n) is 8.62. The van der Waals surface area contributed by atoms with Crippen LogP contribution in [0, 0.1) is 0 Å². The molecule has 1 rings (SSSR count). The second kappa shape index (κ2) is 12.9. The number of rotatable bonds is 10. The number of hydrogen-bond acceptors (Lipinski definition) is 8. The van der Waals surface area contributed by atoms with Crippen molar-refractivity contribution in [1.29, 1.82) is 0 Å². The van der Waals surface area contributed by atoms with E-state index in [1.807, 2.05) is 6.07 Å². The third-order valence-corrected chi connectivity index (χ3v) is 3.63. The fourth-order valence-electron chi connectivity index (χ4n) is 2.10. The summed E-state index contributed by atoms with van der Waals surface area (Å²) in [5, 5.41) is 14.0. The average molecular weight is 408 g/mol. The van der Waals surface area contributed by atoms with E-state index in [2.05, 4.69) is 20.1 Å². The maximum absolute atomic E-state index is 12.3. The predicted octanol–water partition coefficient (Wildman–Crippen LogP) is 0.0508. The van der Waals surface area contributed by atoms with E-state index in [-0.39, 0.29) is 13.0 Å². The highest BCUT2D eigenvalue weighted by Crippen LogP contribution is 2.02. The van der Waals surface area contributed by atoms with Crippen LogP contribution in [0.5, 0.6) is 0 Å². The molecule has 0 saturated heterocycles. The van der Waals surface area contributed by atoms with E-state index in [1.165, 1.54) is 13.2 Å². The molecule has 0 aliphatic heterocycles. The molecule has 0 aliphatic rings. The Morgan fingerprint density at radius 1 is 1.03 bits per heavy atom. The minimum absolute atomic E-state index is 0.0183. The summed E-state index contributed by atoms with van der Waals surface area (Å²) in [4.78, 5) is 47.1. The molecule has 158 valence electrons. The van der Waals surface area contributed by atoms with Crippen molar-refractivity contribution in [2.75, 3.05) is 20.8 Å². The lowest BCUT2D eigenvalue weighted by Crippen LogP contribution is -2.53. The number of amides is 2. The van der Waals surface area contributed by atoms with E-state index in [0.29, 0.717) is 0 Å². The number of nitrogens with one attached hydrogen (secondary N) is 2. The molecule has 0 heterocycles. The number of carbonyl (C=O) groups is 4. The second-order valence-electron chi connectivity index (χ2n) is 5.69. The van der Waals surface area contributed by atoms with Crippen molar-refractivity contribution in [3.8, 4) is 0 Å². The summed E-state index contributed by atoms with van der Waals surface area (Å²) in [6.45, 7) is -0.742. The van der Waals surface area contributed by atoms with Crippen molar-refractivity contribution in [1.82, 2.24) is 10.6 Å². The molecule has 1 aromatic rings. The summed E-state index contributed by atoms with van der Waals surface area (Å²) < 4.78 is 14.0. The molecule has 10 nitrogen and oxygen atoms in total. The Morgan fingerprint density at radius 2 is 1.72 bits per heavy atom. The largest absolute Gasteiger partial charge is 0.467 e. The Balaban J connectivity index is 2.62. The van der Waals surface area contributed by atoms with Gasteiger partial charge < -0.3 is 30.0 Å². The van der Waals surface area contributed by atoms with Gasteiger partial charge in [0.25, 0.3) is 0 Å². The Morgan fingerprint density at radius 3 is 2.31 bits per heavy atom. The van der Waals surface area contributed by atoms with Crippen molar-refractivity contribution in [3.05, 3.63) is 48.0 Å². The normalized spacial score (nSPS) is 12.5. The zero-order valence-corrected chi connectivity index (χ0v) is 16.1. The van der Waals surface area contributed by atoms with Crippen LogP contribution in [0.2, 0.25) is 0 Å². The minimum atomic E-state index is -1.35. The van der Waals surface area contributed by atoms with Gasteiger partial charge in [-0.25, -0.2) is 14.4 Å². The molecule has 0 saturated carbocycles. The molecule has 2 atom stereocenters. The van der Waals surface area contributed by atoms with Crippen LogP contribution in [0.3, 0.4) is 0 Å². The van der Waals surface area contributed by atoms with Crippen LogP contribution in [0.4, 0.5) is 4.79 Å². The first-order valence-corrected chi connectivity index (χ1v) is 8.62. The van der Waals surface area contributed by atoms with Gasteiger partial charge in [-0.15, -0.1) is 0 Å². The predicted molar refractivity (Wildman–Crippen MR) is 100 cm³/mol. The van der Waals surface area contributed by atoms with Gasteiger partial charge in [0.1, 0.15) is 18.7 Å². The van der Waals surface area contributed by atoms with Crippen LogP contribution >= 0.6 is 0 Å². The van der Waals surface area contributed by atoms with Gasteiger partial charge in [-0.05, 0) is 12.0 Å². The fraction of sp³-hybridized carbons (Fsp3) is 0.368. The molecule has 10 heteroatoms. The highest BCUT2D eigenvalue weighted by Gasteiger charge is 2.26. The first kappa shape index (κ1) is 23.6. The SMILES string of the molecule is COC(=O)/C=C/C[C@H](NC(=O)[C@H](CO)NC(=O)OCc1ccccc1)C(=O)OC. The lowest BCUT2D eigenvalue weighted by Gasteiger charge is -2.20. The van der Waals surface area contributed by atoms with Gasteiger partial charge >= 0.3 is 18.0 Å². The van der Waals surface area contributed by atoms with Gasteiger partial charge in [-0.3, -0.25) is 4.79 Å². The summed E-state index contributed by atoms with van der Waals surface area (Å²) in [7, 11) is 2.33. The number of ether oxygens (including phenoxy) is 3. The van der Waals surface area contributed by atoms with E-state index in [4.69, 9.17) is 4.74 Å². The van der Waals surface area contributed by atoms with E-state index < -0.39 is 42.6 Å². The number of aliphatic hydroxyl groups is 1. The molecule has 29 heavy (non-hydrogen) atoms. The first-order chi connectivity index (χ1) is 13.9. The standard InChI is InChI=1S/C19H24N2O8/c1-27-16(23)10-6-9-14(18(25)28-2)20-17(24)15(11-22)21-19(26)29-12-13-7-4-3-5-8-13/h3-8,10,14-15,22H,9,11-12H2,1-2H3,(H,20,24)(H,21,26)/b10-6+/t14-,15-/m0/s1. The number of aliphatic hydroxyl groups excluding tert-OH is 1. The van der Waals surface area contributed by atoms with Gasteiger partial charge in [0.2, 0.25) is 5.91 Å². The molecule has 0 aromatic heterocycles. The number of benzene rings is 1. The third kappa shape index (κ3) is 8.89. The Bertz CT molecular complexity index is 720. The van der Waals surface area contributed by atoms with Crippen molar-refractivity contribution >= 4 is 23.9 Å². The quantitative estimate of drug-likeness (QED) is 0.280. The fourth-order valence-corrected chi connectivity index (χ4v) is 2.10. The molecule has 2 amide bonds. The summed E-state index contributed by atoms with van der Waals surface area (Å²) in [6.07, 6.45) is 1.43. The maximum atomic E-state index is 12.3. The summed E-state index contributed by atoms with van der Waals surface area (Å²) >= 11 is 0. The Kier molecular flexibility index (Phi) is 10.5. The monoisotopic (exact) mass is 408 g/mol. The summed E-state index contributed by atoms with van der Waals surface area (Å²) in [6, 6.07) is 6.40. The van der Waals surface area contributed by atoms with E-state index >= 15 is 0 Å². The Hall–Kier alpha value is -3.40. The van der Waals surface area contributed by atoms with Gasteiger partial charge in [-0.1, -0.05) is 36.4 Å². The van der Waals surface area contributed by atoms with E-state index in [1.54, 1.807) is 24.3 Å². The summed E-state index contributed by atoms with van der Waals surface area (Å²) in [5.41, 5.74) is 0.746. The molecule has 0 radical (unpaired) electrons. The van der Waals surface area contributed by atoms with Crippen LogP contribution in [0.25, 0.3) is 0 Å². The maximum Gasteiger partial charge on any atom is 0.408 e. The topological polar surface area (TPSA) is 140 Å². The van der Waals surface area contributed by atoms with Crippen molar-refractivity contribution in [2.45, 2.75) is 25.1 Å². The number of esters is 2. The lowest BCUT2D eigenvalue weighted by molar-refractivity contribution is -0.145. The molecule has 0 fully saturated rings. The number of carbonyl (C=O) groups excluding carboxylic acids is 4. The van der Waals surface area contributed by atoms with Crippen LogP contribution in [-0.4, -0.2) is 62.0 Å². The van der Waals surface area contributed by atoms with Crippen molar-refractivity contribution in [3.63, 3.8) is 0 Å². The van der Waals surface area contributed by atoms with Gasteiger partial charge in [0.15, 0.2) is 0 Å². The molecule has 0 bridgehead atoms. The zero-order chi connectivity index (χ0) is 21.6. The number of methoxy groups -OCH3 is 2. The second-order valence-corrected chi connectivity index (χ2v) is 5.69. The van der Waals surface area contributed by atoms with Crippen molar-refractivity contribution < 1.29 is 38.5 Å². The molecule has 1 aromatic carbocycles. The molecular formula is C19H24N2O8. The molecule has 0 unspecified atom stereocenters. The molecular weight excluding hydrogens is 384 g/mol. The van der Waals surface area contributed by atoms with Gasteiger partial charge in [0.05, 0.1) is 20.8 Å². The Labute approximate surface area is 167 Å². The molecule has 0 spiro atoms. The minimum Gasteiger partial charge on any atom is -0.467 e. The van der Waals surface area contributed by atoms with Crippen LogP contribution < -0.4 is 10.6 Å². The van der Waals surface area contributed by atoms with Crippen LogP contribution in [-0.2, 0) is 35.2 Å². The molecule has 0 aliphatic carbocycles. The summed E-state index contributed by atoms with van der Waals surface area (Å²) in [5.74, 6) is -2.22. The highest BCUT2D eigenvalue weighted by molar-refractivity contribution is 5.90. The average Bonchev–Trinajstić information content (AvgIpc) is 2.75. The van der Waals surface area contributed by atoms with Crippen LogP contribution in [0.1, 0.15) is 12.0 Å². The zero-order valence-electron chi connectivity index (χ0n) is 16.1. The third-order valence-electron chi connectivity index (χ3n) is 3.63. The smallest absolute Gasteiger partial charge is 0.408 e. The lowest BCUT2D eigenvalue weighted by atomic mass is 10.1. The van der Waals surface area contributed by atoms with Gasteiger partial charge in [0, 0.05) is 6.08 Å². The van der Waals surface area contributed by atoms with E-state index in [9.17, 15) is 24.3 Å². The number of alkyl carbamates (subject to hydrolysis) is 1.